The molecule has 0 aliphatic heterocycles. The number of para-hydroxylation sites is 1. The summed E-state index contributed by atoms with van der Waals surface area (Å²) in [7, 11) is 0. The summed E-state index contributed by atoms with van der Waals surface area (Å²) in [6.45, 7) is 0.370. The minimum Gasteiger partial charge on any atom is -0.482 e. The van der Waals surface area contributed by atoms with Crippen LogP contribution in [0.1, 0.15) is 24.0 Å². The Labute approximate surface area is 169 Å². The van der Waals surface area contributed by atoms with Gasteiger partial charge in [-0.15, -0.1) is 0 Å². The van der Waals surface area contributed by atoms with Crippen LogP contribution in [-0.2, 0) is 24.2 Å². The lowest BCUT2D eigenvalue weighted by atomic mass is 9.82. The van der Waals surface area contributed by atoms with E-state index in [4.69, 9.17) is 9.84 Å². The van der Waals surface area contributed by atoms with E-state index >= 15 is 0 Å². The number of hydrogen-bond donors (Lipinski definition) is 1. The van der Waals surface area contributed by atoms with Crippen molar-refractivity contribution in [3.63, 3.8) is 0 Å². The highest BCUT2D eigenvalue weighted by molar-refractivity contribution is 5.68. The number of aromatic nitrogens is 2. The number of imidazole rings is 1. The molecule has 0 radical (unpaired) electrons. The Morgan fingerprint density at radius 1 is 1.10 bits per heavy atom. The predicted molar refractivity (Wildman–Crippen MR) is 110 cm³/mol. The number of aliphatic carboxylic acids is 1. The summed E-state index contributed by atoms with van der Waals surface area (Å²) >= 11 is 0. The molecule has 0 fully saturated rings. The lowest BCUT2D eigenvalue weighted by Crippen LogP contribution is -2.25. The Kier molecular flexibility index (Phi) is 5.51. The van der Waals surface area contributed by atoms with Gasteiger partial charge in [-0.2, -0.15) is 0 Å². The topological polar surface area (TPSA) is 73.5 Å². The first-order valence-electron chi connectivity index (χ1n) is 9.90. The van der Waals surface area contributed by atoms with Crippen LogP contribution in [0, 0.1) is 5.92 Å². The predicted octanol–water partition coefficient (Wildman–Crippen LogP) is 3.30. The second-order valence-corrected chi connectivity index (χ2v) is 7.45. The van der Waals surface area contributed by atoms with Gasteiger partial charge < -0.3 is 9.84 Å². The van der Waals surface area contributed by atoms with E-state index in [1.54, 1.807) is 9.13 Å². The summed E-state index contributed by atoms with van der Waals surface area (Å²) in [6.07, 6.45) is 7.40. The molecule has 6 heteroatoms. The normalized spacial score (nSPS) is 15.7. The van der Waals surface area contributed by atoms with E-state index in [9.17, 15) is 9.59 Å². The van der Waals surface area contributed by atoms with Gasteiger partial charge in [0.2, 0.25) is 0 Å². The molecule has 6 nitrogen and oxygen atoms in total. The van der Waals surface area contributed by atoms with E-state index in [1.807, 2.05) is 54.9 Å². The number of fused-ring (bicyclic) bond motifs is 1. The Morgan fingerprint density at radius 2 is 1.93 bits per heavy atom. The number of aryl methyl sites for hydroxylation is 1. The fourth-order valence-electron chi connectivity index (χ4n) is 4.06. The number of carboxylic acids is 1. The van der Waals surface area contributed by atoms with Gasteiger partial charge >= 0.3 is 11.7 Å². The highest BCUT2D eigenvalue weighted by Crippen LogP contribution is 2.33. The Morgan fingerprint density at radius 3 is 2.72 bits per heavy atom. The summed E-state index contributed by atoms with van der Waals surface area (Å²) < 4.78 is 8.88. The lowest BCUT2D eigenvalue weighted by Gasteiger charge is -2.26. The zero-order valence-electron chi connectivity index (χ0n) is 16.2. The molecule has 0 saturated heterocycles. The van der Waals surface area contributed by atoms with E-state index in [0.29, 0.717) is 18.2 Å². The van der Waals surface area contributed by atoms with Crippen molar-refractivity contribution in [2.45, 2.75) is 32.2 Å². The third kappa shape index (κ3) is 4.26. The van der Waals surface area contributed by atoms with Gasteiger partial charge in [-0.3, -0.25) is 9.13 Å². The van der Waals surface area contributed by atoms with E-state index in [2.05, 4.69) is 6.07 Å². The molecule has 3 aromatic rings. The highest BCUT2D eigenvalue weighted by Gasteiger charge is 2.22. The van der Waals surface area contributed by atoms with Gasteiger partial charge in [0.25, 0.3) is 0 Å². The Hall–Kier alpha value is -3.28. The maximum atomic E-state index is 12.7. The van der Waals surface area contributed by atoms with Crippen molar-refractivity contribution >= 4 is 5.97 Å². The number of carbonyl (C=O) groups is 1. The smallest absolute Gasteiger partial charge is 0.341 e. The van der Waals surface area contributed by atoms with Gasteiger partial charge in [0, 0.05) is 18.9 Å². The number of nitrogens with zero attached hydrogens (tertiary/aromatic N) is 2. The molecule has 1 atom stereocenters. The molecule has 1 unspecified atom stereocenters. The van der Waals surface area contributed by atoms with Crippen molar-refractivity contribution in [1.82, 2.24) is 9.13 Å². The average molecular weight is 392 g/mol. The number of ether oxygens (including phenoxy) is 1. The van der Waals surface area contributed by atoms with Crippen molar-refractivity contribution in [3.05, 3.63) is 82.5 Å². The second-order valence-electron chi connectivity index (χ2n) is 7.45. The molecule has 1 aliphatic rings. The summed E-state index contributed by atoms with van der Waals surface area (Å²) in [6, 6.07) is 15.5. The zero-order chi connectivity index (χ0) is 20.2. The standard InChI is InChI=1S/C23H24N2O4/c26-22(27)16-29-21-8-4-5-18-15-17(9-10-20(18)21)11-12-24-13-14-25(23(24)28)19-6-2-1-3-7-19/h1-8,13-14,17H,9-12,15-16H2,(H,26,27). The molecule has 29 heavy (non-hydrogen) atoms. The van der Waals surface area contributed by atoms with E-state index in [1.165, 1.54) is 5.56 Å². The molecule has 1 aliphatic carbocycles. The first kappa shape index (κ1) is 19.1. The second kappa shape index (κ2) is 8.39. The van der Waals surface area contributed by atoms with Crippen molar-refractivity contribution in [2.75, 3.05) is 6.61 Å². The van der Waals surface area contributed by atoms with E-state index in [-0.39, 0.29) is 12.3 Å². The maximum absolute atomic E-state index is 12.7. The van der Waals surface area contributed by atoms with Gasteiger partial charge in [-0.1, -0.05) is 30.3 Å². The van der Waals surface area contributed by atoms with E-state index in [0.717, 1.165) is 36.9 Å². The molecule has 0 amide bonds. The summed E-state index contributed by atoms with van der Waals surface area (Å²) in [4.78, 5) is 23.5. The number of carboxylic acid groups (broad SMARTS) is 1. The third-order valence-electron chi connectivity index (χ3n) is 5.55. The fraction of sp³-hybridized carbons (Fsp3) is 0.304. The first-order valence-corrected chi connectivity index (χ1v) is 9.90. The van der Waals surface area contributed by atoms with Crippen molar-refractivity contribution in [3.8, 4) is 11.4 Å². The van der Waals surface area contributed by atoms with Gasteiger partial charge in [-0.05, 0) is 60.9 Å². The van der Waals surface area contributed by atoms with Crippen LogP contribution < -0.4 is 10.4 Å². The first-order chi connectivity index (χ1) is 14.1. The third-order valence-corrected chi connectivity index (χ3v) is 5.55. The van der Waals surface area contributed by atoms with Crippen LogP contribution in [0.5, 0.6) is 5.75 Å². The highest BCUT2D eigenvalue weighted by atomic mass is 16.5. The van der Waals surface area contributed by atoms with Gasteiger partial charge in [0.1, 0.15) is 5.75 Å². The Balaban J connectivity index is 1.41. The molecule has 1 heterocycles. The van der Waals surface area contributed by atoms with Crippen LogP contribution >= 0.6 is 0 Å². The van der Waals surface area contributed by atoms with Crippen LogP contribution in [0.3, 0.4) is 0 Å². The van der Waals surface area contributed by atoms with Gasteiger partial charge in [0.15, 0.2) is 6.61 Å². The van der Waals surface area contributed by atoms with Crippen LogP contribution in [0.15, 0.2) is 65.7 Å². The molecule has 0 saturated carbocycles. The summed E-state index contributed by atoms with van der Waals surface area (Å²) in [5, 5.41) is 8.84. The zero-order valence-corrected chi connectivity index (χ0v) is 16.2. The molecule has 0 bridgehead atoms. The SMILES string of the molecule is O=C(O)COc1cccc2c1CCC(CCn1ccn(-c3ccccc3)c1=O)C2. The summed E-state index contributed by atoms with van der Waals surface area (Å²) in [5.74, 6) is 0.202. The van der Waals surface area contributed by atoms with Gasteiger partial charge in [-0.25, -0.2) is 9.59 Å². The summed E-state index contributed by atoms with van der Waals surface area (Å²) in [5.41, 5.74) is 3.20. The molecular formula is C23H24N2O4. The van der Waals surface area contributed by atoms with Crippen molar-refractivity contribution in [1.29, 1.82) is 0 Å². The molecular weight excluding hydrogens is 368 g/mol. The molecule has 1 aromatic heterocycles. The van der Waals surface area contributed by atoms with Crippen LogP contribution in [-0.4, -0.2) is 26.8 Å². The fourth-order valence-corrected chi connectivity index (χ4v) is 4.06. The monoisotopic (exact) mass is 392 g/mol. The molecule has 2 aromatic carbocycles. The van der Waals surface area contributed by atoms with E-state index < -0.39 is 5.97 Å². The number of hydrogen-bond acceptors (Lipinski definition) is 3. The lowest BCUT2D eigenvalue weighted by molar-refractivity contribution is -0.139. The maximum Gasteiger partial charge on any atom is 0.341 e. The average Bonchev–Trinajstić information content (AvgIpc) is 3.11. The molecule has 0 spiro atoms. The minimum atomic E-state index is -0.968. The Bertz CT molecular complexity index is 1050. The van der Waals surface area contributed by atoms with Gasteiger partial charge in [0.05, 0.1) is 5.69 Å². The van der Waals surface area contributed by atoms with Crippen LogP contribution in [0.4, 0.5) is 0 Å². The molecule has 4 rings (SSSR count). The number of rotatable bonds is 7. The number of benzene rings is 2. The molecule has 150 valence electrons. The largest absolute Gasteiger partial charge is 0.482 e. The quantitative estimate of drug-likeness (QED) is 0.670. The minimum absolute atomic E-state index is 0.0169. The molecule has 1 N–H and O–H groups in total. The van der Waals surface area contributed by atoms with Crippen LogP contribution in [0.25, 0.3) is 5.69 Å². The van der Waals surface area contributed by atoms with Crippen molar-refractivity contribution in [2.24, 2.45) is 5.92 Å². The van der Waals surface area contributed by atoms with Crippen LogP contribution in [0.2, 0.25) is 0 Å². The van der Waals surface area contributed by atoms with Crippen molar-refractivity contribution < 1.29 is 14.6 Å².